The quantitative estimate of drug-likeness (QED) is 0.789. The predicted octanol–water partition coefficient (Wildman–Crippen LogP) is 2.51. The van der Waals surface area contributed by atoms with E-state index in [1.807, 2.05) is 39.0 Å². The number of anilines is 1. The fraction of sp³-hybridized carbons (Fsp3) is 0.429. The molecule has 1 amide bonds. The number of hydrogen-bond acceptors (Lipinski definition) is 4. The molecule has 1 aromatic rings. The molecule has 102 valence electrons. The Hall–Kier alpha value is -2.04. The van der Waals surface area contributed by atoms with Crippen LogP contribution in [0.4, 0.5) is 10.6 Å². The van der Waals surface area contributed by atoms with E-state index >= 15 is 0 Å². The molecule has 1 aliphatic heterocycles. The number of amides is 1. The number of hydrogen-bond donors (Lipinski definition) is 1. The summed E-state index contributed by atoms with van der Waals surface area (Å²) < 4.78 is 5.40. The van der Waals surface area contributed by atoms with Gasteiger partial charge in [0.2, 0.25) is 0 Å². The van der Waals surface area contributed by atoms with Crippen LogP contribution in [0, 0.1) is 0 Å². The summed E-state index contributed by atoms with van der Waals surface area (Å²) in [6.07, 6.45) is 5.24. The first-order valence-electron chi connectivity index (χ1n) is 6.24. The van der Waals surface area contributed by atoms with Crippen molar-refractivity contribution in [3.05, 3.63) is 36.0 Å². The summed E-state index contributed by atoms with van der Waals surface area (Å²) in [5.74, 6) is 0.446. The van der Waals surface area contributed by atoms with E-state index in [9.17, 15) is 4.79 Å². The lowest BCUT2D eigenvalue weighted by Crippen LogP contribution is -2.36. The van der Waals surface area contributed by atoms with Crippen LogP contribution in [0.25, 0.3) is 0 Å². The minimum absolute atomic E-state index is 0.139. The number of nitrogens with zero attached hydrogens (tertiary/aromatic N) is 2. The molecule has 0 saturated heterocycles. The van der Waals surface area contributed by atoms with Gasteiger partial charge in [-0.25, -0.2) is 9.78 Å². The number of carbonyl (C=O) groups excluding carboxylic acids is 1. The Kier molecular flexibility index (Phi) is 3.46. The van der Waals surface area contributed by atoms with E-state index in [1.54, 1.807) is 17.2 Å². The Bertz CT molecular complexity index is 506. The molecule has 0 spiro atoms. The molecule has 19 heavy (non-hydrogen) atoms. The summed E-state index contributed by atoms with van der Waals surface area (Å²) in [5.41, 5.74) is 6.12. The van der Waals surface area contributed by atoms with Crippen LogP contribution in [-0.4, -0.2) is 28.1 Å². The number of aromatic nitrogens is 1. The van der Waals surface area contributed by atoms with Gasteiger partial charge in [-0.15, -0.1) is 0 Å². The molecule has 1 aromatic heterocycles. The molecular weight excluding hydrogens is 242 g/mol. The third-order valence-corrected chi connectivity index (χ3v) is 2.73. The highest BCUT2D eigenvalue weighted by Crippen LogP contribution is 2.28. The van der Waals surface area contributed by atoms with E-state index in [-0.39, 0.29) is 12.1 Å². The van der Waals surface area contributed by atoms with Crippen LogP contribution in [0.15, 0.2) is 30.5 Å². The molecule has 0 radical (unpaired) electrons. The minimum Gasteiger partial charge on any atom is -0.444 e. The van der Waals surface area contributed by atoms with Crippen LogP contribution in [0.3, 0.4) is 0 Å². The van der Waals surface area contributed by atoms with Crippen LogP contribution < -0.4 is 5.73 Å². The first-order chi connectivity index (χ1) is 8.87. The van der Waals surface area contributed by atoms with E-state index in [0.29, 0.717) is 12.4 Å². The normalized spacial score (nSPS) is 18.7. The number of nitrogens with two attached hydrogens (primary N) is 1. The highest BCUT2D eigenvalue weighted by Gasteiger charge is 2.30. The lowest BCUT2D eigenvalue weighted by atomic mass is 10.1. The molecule has 0 bridgehead atoms. The van der Waals surface area contributed by atoms with Gasteiger partial charge in [-0.2, -0.15) is 0 Å². The van der Waals surface area contributed by atoms with E-state index in [1.165, 1.54) is 0 Å². The lowest BCUT2D eigenvalue weighted by molar-refractivity contribution is 0.0240. The zero-order chi connectivity index (χ0) is 14.0. The molecule has 1 atom stereocenters. The van der Waals surface area contributed by atoms with Crippen molar-refractivity contribution >= 4 is 11.9 Å². The zero-order valence-corrected chi connectivity index (χ0v) is 11.5. The van der Waals surface area contributed by atoms with Gasteiger partial charge in [0, 0.05) is 12.7 Å². The summed E-state index contributed by atoms with van der Waals surface area (Å²) >= 11 is 0. The molecule has 2 N–H and O–H groups in total. The Labute approximate surface area is 113 Å². The molecule has 2 rings (SSSR count). The van der Waals surface area contributed by atoms with Crippen molar-refractivity contribution in [2.45, 2.75) is 32.4 Å². The van der Waals surface area contributed by atoms with Crippen molar-refractivity contribution in [2.75, 3.05) is 12.3 Å². The van der Waals surface area contributed by atoms with Crippen molar-refractivity contribution in [3.8, 4) is 0 Å². The molecule has 0 fully saturated rings. The summed E-state index contributed by atoms with van der Waals surface area (Å²) in [6.45, 7) is 6.11. The fourth-order valence-electron chi connectivity index (χ4n) is 1.97. The first kappa shape index (κ1) is 13.4. The Morgan fingerprint density at radius 3 is 2.89 bits per heavy atom. The van der Waals surface area contributed by atoms with E-state index in [0.717, 1.165) is 5.56 Å². The van der Waals surface area contributed by atoms with Crippen LogP contribution >= 0.6 is 0 Å². The molecule has 5 nitrogen and oxygen atoms in total. The van der Waals surface area contributed by atoms with Gasteiger partial charge in [0.25, 0.3) is 0 Å². The van der Waals surface area contributed by atoms with Crippen molar-refractivity contribution in [1.29, 1.82) is 0 Å². The Morgan fingerprint density at radius 2 is 2.26 bits per heavy atom. The number of pyridine rings is 1. The van der Waals surface area contributed by atoms with Crippen LogP contribution in [0.1, 0.15) is 32.4 Å². The van der Waals surface area contributed by atoms with Gasteiger partial charge in [0.1, 0.15) is 11.4 Å². The van der Waals surface area contributed by atoms with E-state index in [2.05, 4.69) is 4.98 Å². The fourth-order valence-corrected chi connectivity index (χ4v) is 1.97. The van der Waals surface area contributed by atoms with Gasteiger partial charge >= 0.3 is 6.09 Å². The van der Waals surface area contributed by atoms with Gasteiger partial charge in [-0.05, 0) is 38.5 Å². The highest BCUT2D eigenvalue weighted by atomic mass is 16.6. The molecule has 1 aliphatic rings. The third-order valence-electron chi connectivity index (χ3n) is 2.73. The average molecular weight is 261 g/mol. The molecule has 0 aliphatic carbocycles. The number of rotatable bonds is 1. The summed E-state index contributed by atoms with van der Waals surface area (Å²) in [4.78, 5) is 17.8. The maximum atomic E-state index is 12.1. The van der Waals surface area contributed by atoms with Crippen molar-refractivity contribution in [3.63, 3.8) is 0 Å². The zero-order valence-electron chi connectivity index (χ0n) is 11.5. The topological polar surface area (TPSA) is 68.5 Å². The smallest absolute Gasteiger partial charge is 0.411 e. The maximum Gasteiger partial charge on any atom is 0.411 e. The monoisotopic (exact) mass is 261 g/mol. The molecule has 0 saturated carbocycles. The maximum absolute atomic E-state index is 12.1. The summed E-state index contributed by atoms with van der Waals surface area (Å²) in [6, 6.07) is 3.49. The highest BCUT2D eigenvalue weighted by molar-refractivity contribution is 5.70. The van der Waals surface area contributed by atoms with E-state index < -0.39 is 5.60 Å². The van der Waals surface area contributed by atoms with Crippen LogP contribution in [0.5, 0.6) is 0 Å². The molecule has 2 heterocycles. The number of nitrogen functional groups attached to an aromatic ring is 1. The predicted molar refractivity (Wildman–Crippen MR) is 73.5 cm³/mol. The number of ether oxygens (including phenoxy) is 1. The minimum atomic E-state index is -0.499. The Morgan fingerprint density at radius 1 is 1.53 bits per heavy atom. The molecule has 5 heteroatoms. The van der Waals surface area contributed by atoms with Gasteiger partial charge in [0.15, 0.2) is 0 Å². The second kappa shape index (κ2) is 4.91. The summed E-state index contributed by atoms with van der Waals surface area (Å²) in [7, 11) is 0. The van der Waals surface area contributed by atoms with Gasteiger partial charge in [-0.3, -0.25) is 4.90 Å². The van der Waals surface area contributed by atoms with Gasteiger partial charge < -0.3 is 10.5 Å². The third kappa shape index (κ3) is 3.24. The molecular formula is C14H19N3O2. The van der Waals surface area contributed by atoms with Crippen LogP contribution in [0.2, 0.25) is 0 Å². The van der Waals surface area contributed by atoms with Crippen molar-refractivity contribution in [1.82, 2.24) is 9.88 Å². The van der Waals surface area contributed by atoms with Crippen molar-refractivity contribution < 1.29 is 9.53 Å². The van der Waals surface area contributed by atoms with Crippen molar-refractivity contribution in [2.24, 2.45) is 0 Å². The van der Waals surface area contributed by atoms with Gasteiger partial charge in [-0.1, -0.05) is 12.2 Å². The van der Waals surface area contributed by atoms with E-state index in [4.69, 9.17) is 10.5 Å². The SMILES string of the molecule is CC(C)(C)OC(=O)N1CC=CC1c1ccnc(N)c1. The number of carbonyl (C=O) groups is 1. The second-order valence-corrected chi connectivity index (χ2v) is 5.52. The molecule has 1 unspecified atom stereocenters. The summed E-state index contributed by atoms with van der Waals surface area (Å²) in [5, 5.41) is 0. The standard InChI is InChI=1S/C14H19N3O2/c1-14(2,3)19-13(18)17-8-4-5-11(17)10-6-7-16-12(15)9-10/h4-7,9,11H,8H2,1-3H3,(H2,15,16). The largest absolute Gasteiger partial charge is 0.444 e. The molecule has 0 aromatic carbocycles. The first-order valence-corrected chi connectivity index (χ1v) is 6.24. The Balaban J connectivity index is 2.17. The van der Waals surface area contributed by atoms with Crippen LogP contribution in [-0.2, 0) is 4.74 Å². The lowest BCUT2D eigenvalue weighted by Gasteiger charge is -2.28. The average Bonchev–Trinajstić information content (AvgIpc) is 2.75. The second-order valence-electron chi connectivity index (χ2n) is 5.52. The van der Waals surface area contributed by atoms with Gasteiger partial charge in [0.05, 0.1) is 6.04 Å².